The first-order valence-corrected chi connectivity index (χ1v) is 10.6. The van der Waals surface area contributed by atoms with Gasteiger partial charge >= 0.3 is 5.97 Å². The van der Waals surface area contributed by atoms with Gasteiger partial charge in [0.25, 0.3) is 11.7 Å². The summed E-state index contributed by atoms with van der Waals surface area (Å²) in [5, 5.41) is 20.6. The number of hydrogen-bond donors (Lipinski definition) is 2. The van der Waals surface area contributed by atoms with E-state index in [-0.39, 0.29) is 39.0 Å². The van der Waals surface area contributed by atoms with Gasteiger partial charge in [-0.15, -0.1) is 0 Å². The molecule has 0 aliphatic carbocycles. The predicted molar refractivity (Wildman–Crippen MR) is 124 cm³/mol. The molecule has 0 bridgehead atoms. The van der Waals surface area contributed by atoms with Crippen LogP contribution in [0.4, 0.5) is 0 Å². The van der Waals surface area contributed by atoms with Crippen molar-refractivity contribution in [2.24, 2.45) is 0 Å². The lowest BCUT2D eigenvalue weighted by Crippen LogP contribution is -2.29. The molecule has 1 atom stereocenters. The Kier molecular flexibility index (Phi) is 6.22. The van der Waals surface area contributed by atoms with Gasteiger partial charge in [-0.25, -0.2) is 4.79 Å². The minimum absolute atomic E-state index is 0.0438. The fourth-order valence-electron chi connectivity index (χ4n) is 3.77. The van der Waals surface area contributed by atoms with Crippen molar-refractivity contribution in [1.82, 2.24) is 4.90 Å². The lowest BCUT2D eigenvalue weighted by atomic mass is 9.95. The van der Waals surface area contributed by atoms with E-state index in [1.165, 1.54) is 35.2 Å². The highest BCUT2D eigenvalue weighted by Gasteiger charge is 2.46. The molecule has 33 heavy (non-hydrogen) atoms. The lowest BCUT2D eigenvalue weighted by Gasteiger charge is -2.25. The number of amides is 1. The van der Waals surface area contributed by atoms with E-state index < -0.39 is 23.7 Å². The van der Waals surface area contributed by atoms with Gasteiger partial charge in [0.1, 0.15) is 5.76 Å². The third-order valence-corrected chi connectivity index (χ3v) is 6.14. The van der Waals surface area contributed by atoms with Gasteiger partial charge in [-0.3, -0.25) is 9.59 Å². The standard InChI is InChI=1S/C25H17Cl2NO5/c26-18-11-10-17(12-19(18)27)22(29)20-21(15-4-2-1-3-5-15)28(24(31)23(20)30)13-14-6-8-16(9-7-14)25(32)33/h1-12,21,29H,13H2,(H,32,33)/b22-20-. The van der Waals surface area contributed by atoms with Crippen LogP contribution < -0.4 is 0 Å². The number of nitrogens with zero attached hydrogens (tertiary/aromatic N) is 1. The van der Waals surface area contributed by atoms with E-state index in [1.807, 2.05) is 0 Å². The summed E-state index contributed by atoms with van der Waals surface area (Å²) in [7, 11) is 0. The molecule has 1 unspecified atom stereocenters. The Morgan fingerprint density at radius 3 is 2.09 bits per heavy atom. The van der Waals surface area contributed by atoms with Crippen molar-refractivity contribution in [3.05, 3.63) is 111 Å². The Labute approximate surface area is 199 Å². The zero-order chi connectivity index (χ0) is 23.7. The average molecular weight is 482 g/mol. The monoisotopic (exact) mass is 481 g/mol. The fraction of sp³-hybridized carbons (Fsp3) is 0.0800. The maximum Gasteiger partial charge on any atom is 0.335 e. The van der Waals surface area contributed by atoms with Crippen molar-refractivity contribution in [3.63, 3.8) is 0 Å². The van der Waals surface area contributed by atoms with Crippen LogP contribution in [0.2, 0.25) is 10.0 Å². The minimum atomic E-state index is -1.06. The Balaban J connectivity index is 1.81. The first-order chi connectivity index (χ1) is 15.8. The smallest absolute Gasteiger partial charge is 0.335 e. The number of Topliss-reactive ketones (excluding diaryl/α,β-unsaturated/α-hetero) is 1. The molecule has 4 rings (SSSR count). The van der Waals surface area contributed by atoms with Crippen molar-refractivity contribution in [2.45, 2.75) is 12.6 Å². The molecule has 6 nitrogen and oxygen atoms in total. The van der Waals surface area contributed by atoms with Crippen LogP contribution >= 0.6 is 23.2 Å². The van der Waals surface area contributed by atoms with Gasteiger partial charge in [-0.1, -0.05) is 65.7 Å². The second-order valence-electron chi connectivity index (χ2n) is 7.47. The van der Waals surface area contributed by atoms with Crippen molar-refractivity contribution in [1.29, 1.82) is 0 Å². The Hall–Kier alpha value is -3.61. The zero-order valence-corrected chi connectivity index (χ0v) is 18.5. The molecular formula is C25H17Cl2NO5. The fourth-order valence-corrected chi connectivity index (χ4v) is 4.07. The molecule has 2 N–H and O–H groups in total. The summed E-state index contributed by atoms with van der Waals surface area (Å²) in [4.78, 5) is 38.6. The highest BCUT2D eigenvalue weighted by Crippen LogP contribution is 2.40. The predicted octanol–water partition coefficient (Wildman–Crippen LogP) is 5.31. The van der Waals surface area contributed by atoms with Gasteiger partial charge in [0, 0.05) is 12.1 Å². The molecule has 0 radical (unpaired) electrons. The molecule has 3 aromatic carbocycles. The van der Waals surface area contributed by atoms with E-state index in [1.54, 1.807) is 42.5 Å². The molecule has 1 saturated heterocycles. The van der Waals surface area contributed by atoms with Gasteiger partial charge in [0.15, 0.2) is 0 Å². The topological polar surface area (TPSA) is 94.9 Å². The van der Waals surface area contributed by atoms with Gasteiger partial charge in [-0.2, -0.15) is 0 Å². The largest absolute Gasteiger partial charge is 0.507 e. The van der Waals surface area contributed by atoms with Crippen LogP contribution in [0.3, 0.4) is 0 Å². The maximum atomic E-state index is 13.1. The number of ketones is 1. The molecule has 0 spiro atoms. The zero-order valence-electron chi connectivity index (χ0n) is 17.0. The minimum Gasteiger partial charge on any atom is -0.507 e. The van der Waals surface area contributed by atoms with Crippen LogP contribution in [0.5, 0.6) is 0 Å². The molecule has 0 saturated carbocycles. The van der Waals surface area contributed by atoms with Crippen LogP contribution in [0.25, 0.3) is 5.76 Å². The normalized spacial score (nSPS) is 17.4. The van der Waals surface area contributed by atoms with E-state index in [9.17, 15) is 19.5 Å². The highest BCUT2D eigenvalue weighted by atomic mass is 35.5. The van der Waals surface area contributed by atoms with Crippen LogP contribution in [0.15, 0.2) is 78.4 Å². The summed E-state index contributed by atoms with van der Waals surface area (Å²) >= 11 is 12.1. The Morgan fingerprint density at radius 1 is 0.848 bits per heavy atom. The quantitative estimate of drug-likeness (QED) is 0.292. The van der Waals surface area contributed by atoms with Crippen LogP contribution in [0.1, 0.15) is 33.1 Å². The molecule has 1 amide bonds. The summed E-state index contributed by atoms with van der Waals surface area (Å²) in [5.74, 6) is -3.01. The number of hydrogen-bond acceptors (Lipinski definition) is 4. The van der Waals surface area contributed by atoms with Crippen LogP contribution in [0, 0.1) is 0 Å². The van der Waals surface area contributed by atoms with Gasteiger partial charge < -0.3 is 15.1 Å². The molecule has 1 heterocycles. The van der Waals surface area contributed by atoms with Crippen molar-refractivity contribution < 1.29 is 24.6 Å². The van der Waals surface area contributed by atoms with E-state index in [0.717, 1.165) is 0 Å². The number of rotatable bonds is 5. The summed E-state index contributed by atoms with van der Waals surface area (Å²) in [6.07, 6.45) is 0. The first-order valence-electron chi connectivity index (χ1n) is 9.89. The van der Waals surface area contributed by atoms with Crippen molar-refractivity contribution in [2.75, 3.05) is 0 Å². The second kappa shape index (κ2) is 9.10. The molecule has 166 valence electrons. The van der Waals surface area contributed by atoms with Gasteiger partial charge in [-0.05, 0) is 41.5 Å². The van der Waals surface area contributed by atoms with Gasteiger partial charge in [0.2, 0.25) is 0 Å². The summed E-state index contributed by atoms with van der Waals surface area (Å²) < 4.78 is 0. The SMILES string of the molecule is O=C1C(=O)N(Cc2ccc(C(=O)O)cc2)C(c2ccccc2)/C1=C(/O)c1ccc(Cl)c(Cl)c1. The molecule has 3 aromatic rings. The lowest BCUT2D eigenvalue weighted by molar-refractivity contribution is -0.140. The molecule has 1 aliphatic heterocycles. The second-order valence-corrected chi connectivity index (χ2v) is 8.28. The van der Waals surface area contributed by atoms with Crippen molar-refractivity contribution >= 4 is 46.6 Å². The molecule has 1 fully saturated rings. The molecular weight excluding hydrogens is 465 g/mol. The molecule has 1 aliphatic rings. The number of carboxylic acids is 1. The summed E-state index contributed by atoms with van der Waals surface area (Å²) in [6, 6.07) is 18.5. The first kappa shape index (κ1) is 22.6. The summed E-state index contributed by atoms with van der Waals surface area (Å²) in [6.45, 7) is 0.0438. The highest BCUT2D eigenvalue weighted by molar-refractivity contribution is 6.46. The third-order valence-electron chi connectivity index (χ3n) is 5.40. The maximum absolute atomic E-state index is 13.1. The molecule has 8 heteroatoms. The third kappa shape index (κ3) is 4.35. The number of benzene rings is 3. The van der Waals surface area contributed by atoms with Crippen LogP contribution in [-0.4, -0.2) is 32.8 Å². The average Bonchev–Trinajstić information content (AvgIpc) is 3.06. The van der Waals surface area contributed by atoms with Gasteiger partial charge in [0.05, 0.1) is 27.2 Å². The van der Waals surface area contributed by atoms with E-state index in [4.69, 9.17) is 28.3 Å². The van der Waals surface area contributed by atoms with E-state index in [2.05, 4.69) is 0 Å². The number of aliphatic hydroxyl groups is 1. The number of carboxylic acid groups (broad SMARTS) is 1. The molecule has 0 aromatic heterocycles. The number of halogens is 2. The number of likely N-dealkylation sites (tertiary alicyclic amines) is 1. The number of aromatic carboxylic acids is 1. The van der Waals surface area contributed by atoms with Crippen molar-refractivity contribution in [3.8, 4) is 0 Å². The number of carbonyl (C=O) groups is 3. The van der Waals surface area contributed by atoms with E-state index in [0.29, 0.717) is 11.1 Å². The Bertz CT molecular complexity index is 1290. The number of aliphatic hydroxyl groups excluding tert-OH is 1. The Morgan fingerprint density at radius 2 is 1.48 bits per heavy atom. The summed E-state index contributed by atoms with van der Waals surface area (Å²) in [5.41, 5.74) is 1.58. The van der Waals surface area contributed by atoms with E-state index >= 15 is 0 Å². The van der Waals surface area contributed by atoms with Crippen LogP contribution in [-0.2, 0) is 16.1 Å². The number of carbonyl (C=O) groups excluding carboxylic acids is 2.